The highest BCUT2D eigenvalue weighted by Gasteiger charge is 2.25. The van der Waals surface area contributed by atoms with Crippen molar-refractivity contribution in [1.82, 2.24) is 29.7 Å². The van der Waals surface area contributed by atoms with Gasteiger partial charge in [-0.1, -0.05) is 55.1 Å². The Balaban J connectivity index is 1.20. The zero-order valence-electron chi connectivity index (χ0n) is 27.0. The van der Waals surface area contributed by atoms with Gasteiger partial charge in [-0.15, -0.1) is 10.2 Å². The number of anilines is 1. The Morgan fingerprint density at radius 1 is 0.979 bits per heavy atom. The van der Waals surface area contributed by atoms with Crippen molar-refractivity contribution in [2.45, 2.75) is 55.2 Å². The summed E-state index contributed by atoms with van der Waals surface area (Å²) >= 11 is 3.29. The second-order valence-electron chi connectivity index (χ2n) is 11.7. The Morgan fingerprint density at radius 3 is 2.60 bits per heavy atom. The summed E-state index contributed by atoms with van der Waals surface area (Å²) in [6.45, 7) is 8.63. The fourth-order valence-electron chi connectivity index (χ4n) is 5.13. The van der Waals surface area contributed by atoms with Crippen LogP contribution in [0.1, 0.15) is 43.2 Å². The Hall–Kier alpha value is -4.74. The summed E-state index contributed by atoms with van der Waals surface area (Å²) in [6, 6.07) is 27.2. The van der Waals surface area contributed by atoms with Gasteiger partial charge in [0.1, 0.15) is 11.6 Å². The quantitative estimate of drug-likeness (QED) is 0.135. The Bertz CT molecular complexity index is 2070. The van der Waals surface area contributed by atoms with Crippen molar-refractivity contribution in [2.75, 3.05) is 11.6 Å². The van der Waals surface area contributed by atoms with E-state index >= 15 is 0 Å². The number of nitrogens with one attached hydrogen (secondary N) is 2. The van der Waals surface area contributed by atoms with Crippen LogP contribution in [0.2, 0.25) is 0 Å². The monoisotopic (exact) mass is 663 g/mol. The lowest BCUT2D eigenvalue weighted by Crippen LogP contribution is -2.29. The first-order valence-corrected chi connectivity index (χ1v) is 17.4. The van der Waals surface area contributed by atoms with Crippen molar-refractivity contribution >= 4 is 41.0 Å². The number of phenols is 1. The van der Waals surface area contributed by atoms with Gasteiger partial charge in [-0.2, -0.15) is 16.9 Å². The third-order valence-corrected chi connectivity index (χ3v) is 10.4. The molecule has 3 N–H and O–H groups in total. The molecule has 6 aromatic rings. The molecule has 0 spiro atoms. The van der Waals surface area contributed by atoms with Gasteiger partial charge in [0.2, 0.25) is 0 Å². The molecule has 47 heavy (non-hydrogen) atoms. The number of rotatable bonds is 10. The number of hydrogen-bond donors (Lipinski definition) is 3. The minimum Gasteiger partial charge on any atom is -0.507 e. The first kappa shape index (κ1) is 32.2. The molecular formula is C36H37N7O2S2. The predicted molar refractivity (Wildman–Crippen MR) is 191 cm³/mol. The van der Waals surface area contributed by atoms with E-state index in [1.165, 1.54) is 5.56 Å². The molecule has 6 rings (SSSR count). The van der Waals surface area contributed by atoms with E-state index in [0.717, 1.165) is 38.7 Å². The highest BCUT2D eigenvalue weighted by molar-refractivity contribution is 7.99. The smallest absolute Gasteiger partial charge is 0.320 e. The predicted octanol–water partition coefficient (Wildman–Crippen LogP) is 8.23. The molecule has 0 radical (unpaired) electrons. The number of thioether (sulfide) groups is 1. The third kappa shape index (κ3) is 7.01. The van der Waals surface area contributed by atoms with E-state index in [2.05, 4.69) is 60.0 Å². The van der Waals surface area contributed by atoms with Gasteiger partial charge >= 0.3 is 6.03 Å². The van der Waals surface area contributed by atoms with Crippen LogP contribution in [0.25, 0.3) is 22.7 Å². The summed E-state index contributed by atoms with van der Waals surface area (Å²) in [6.07, 6.45) is 4.93. The highest BCUT2D eigenvalue weighted by Crippen LogP contribution is 2.36. The van der Waals surface area contributed by atoms with E-state index < -0.39 is 0 Å². The van der Waals surface area contributed by atoms with Crippen LogP contribution >= 0.6 is 23.5 Å². The number of fused-ring (bicyclic) bond motifs is 1. The fourth-order valence-corrected chi connectivity index (χ4v) is 6.41. The van der Waals surface area contributed by atoms with Gasteiger partial charge in [-0.05, 0) is 92.6 Å². The van der Waals surface area contributed by atoms with E-state index in [1.807, 2.05) is 88.9 Å². The van der Waals surface area contributed by atoms with Crippen LogP contribution in [0.5, 0.6) is 5.75 Å². The number of aromatic hydroxyl groups is 1. The Kier molecular flexibility index (Phi) is 9.28. The van der Waals surface area contributed by atoms with E-state index in [-0.39, 0.29) is 16.5 Å². The lowest BCUT2D eigenvalue weighted by Gasteiger charge is -2.18. The second kappa shape index (κ2) is 13.5. The van der Waals surface area contributed by atoms with Gasteiger partial charge in [0.25, 0.3) is 0 Å². The van der Waals surface area contributed by atoms with Crippen molar-refractivity contribution < 1.29 is 9.90 Å². The number of benzene rings is 3. The number of carbonyl (C=O) groups is 1. The maximum absolute atomic E-state index is 13.3. The molecule has 0 atom stereocenters. The SMILES string of the molecule is CCc1cccc(-n2nc(C(C)(C)SC)cc2NC(=O)NCc2ccccc2Sc2ccc3nnc(-c4ccc(C)cc4O)n3c2)c1. The van der Waals surface area contributed by atoms with Crippen LogP contribution in [0.4, 0.5) is 10.6 Å². The first-order valence-electron chi connectivity index (χ1n) is 15.4. The van der Waals surface area contributed by atoms with Crippen molar-refractivity contribution in [3.05, 3.63) is 114 Å². The maximum Gasteiger partial charge on any atom is 0.320 e. The maximum atomic E-state index is 13.3. The third-order valence-electron chi connectivity index (χ3n) is 8.05. The molecule has 3 aromatic carbocycles. The summed E-state index contributed by atoms with van der Waals surface area (Å²) in [5, 5.41) is 30.2. The Labute approximate surface area is 282 Å². The minimum atomic E-state index is -0.320. The number of aryl methyl sites for hydroxylation is 2. The molecule has 0 saturated heterocycles. The molecule has 0 aliphatic heterocycles. The standard InChI is InChI=1S/C36H37N7O2S2/c1-6-24-10-9-12-26(19-24)43-33(20-31(41-43)36(3,4)46-5)38-35(45)37-21-25-11-7-8-13-30(25)47-27-15-17-32-39-40-34(42(32)22-27)28-16-14-23(2)18-29(28)44/h7-20,22,44H,6,21H2,1-5H3,(H2,37,38,45). The number of nitrogens with zero attached hydrogens (tertiary/aromatic N) is 5. The van der Waals surface area contributed by atoms with E-state index in [0.29, 0.717) is 29.4 Å². The van der Waals surface area contributed by atoms with Crippen LogP contribution in [-0.4, -0.2) is 41.8 Å². The summed E-state index contributed by atoms with van der Waals surface area (Å²) < 4.78 is 3.46. The number of hydrogen-bond acceptors (Lipinski definition) is 7. The summed E-state index contributed by atoms with van der Waals surface area (Å²) in [7, 11) is 0. The fraction of sp³-hybridized carbons (Fsp3) is 0.222. The van der Waals surface area contributed by atoms with Crippen LogP contribution in [0, 0.1) is 6.92 Å². The lowest BCUT2D eigenvalue weighted by atomic mass is 10.1. The average Bonchev–Trinajstić information content (AvgIpc) is 3.69. The lowest BCUT2D eigenvalue weighted by molar-refractivity contribution is 0.251. The van der Waals surface area contributed by atoms with Crippen molar-refractivity contribution in [1.29, 1.82) is 0 Å². The first-order chi connectivity index (χ1) is 22.6. The highest BCUT2D eigenvalue weighted by atomic mass is 32.2. The number of aromatic nitrogens is 5. The number of urea groups is 1. The molecule has 0 aliphatic rings. The van der Waals surface area contributed by atoms with Gasteiger partial charge in [0.15, 0.2) is 11.5 Å². The molecule has 3 heterocycles. The molecule has 11 heteroatoms. The molecule has 9 nitrogen and oxygen atoms in total. The van der Waals surface area contributed by atoms with Crippen molar-refractivity contribution in [3.63, 3.8) is 0 Å². The number of carbonyl (C=O) groups excluding carboxylic acids is 1. The topological polar surface area (TPSA) is 109 Å². The van der Waals surface area contributed by atoms with Crippen LogP contribution in [-0.2, 0) is 17.7 Å². The normalized spacial score (nSPS) is 11.6. The molecule has 0 bridgehead atoms. The summed E-state index contributed by atoms with van der Waals surface area (Å²) in [4.78, 5) is 15.3. The van der Waals surface area contributed by atoms with E-state index in [1.54, 1.807) is 29.6 Å². The number of amides is 2. The zero-order valence-corrected chi connectivity index (χ0v) is 28.6. The van der Waals surface area contributed by atoms with Gasteiger partial charge < -0.3 is 10.4 Å². The summed E-state index contributed by atoms with van der Waals surface area (Å²) in [5.41, 5.74) is 6.21. The molecule has 0 aliphatic carbocycles. The molecular weight excluding hydrogens is 627 g/mol. The average molecular weight is 664 g/mol. The van der Waals surface area contributed by atoms with Gasteiger partial charge in [0, 0.05) is 28.6 Å². The number of phenolic OH excluding ortho intramolecular Hbond substituents is 1. The van der Waals surface area contributed by atoms with Gasteiger partial charge in [-0.3, -0.25) is 9.72 Å². The van der Waals surface area contributed by atoms with Gasteiger partial charge in [0.05, 0.1) is 21.7 Å². The van der Waals surface area contributed by atoms with Crippen LogP contribution < -0.4 is 10.6 Å². The zero-order chi connectivity index (χ0) is 33.1. The van der Waals surface area contributed by atoms with E-state index in [4.69, 9.17) is 5.10 Å². The molecule has 2 amide bonds. The molecule has 240 valence electrons. The number of pyridine rings is 1. The molecule has 0 saturated carbocycles. The molecule has 3 aromatic heterocycles. The largest absolute Gasteiger partial charge is 0.507 e. The van der Waals surface area contributed by atoms with Crippen LogP contribution in [0.15, 0.2) is 101 Å². The van der Waals surface area contributed by atoms with Crippen LogP contribution in [0.3, 0.4) is 0 Å². The molecule has 0 unspecified atom stereocenters. The Morgan fingerprint density at radius 2 is 1.81 bits per heavy atom. The van der Waals surface area contributed by atoms with Crippen molar-refractivity contribution in [3.8, 4) is 22.8 Å². The minimum absolute atomic E-state index is 0.161. The second-order valence-corrected chi connectivity index (χ2v) is 14.3. The summed E-state index contributed by atoms with van der Waals surface area (Å²) in [5.74, 6) is 1.33. The van der Waals surface area contributed by atoms with Gasteiger partial charge in [-0.25, -0.2) is 9.48 Å². The molecule has 0 fully saturated rings. The van der Waals surface area contributed by atoms with E-state index in [9.17, 15) is 9.90 Å². The van der Waals surface area contributed by atoms with Crippen molar-refractivity contribution in [2.24, 2.45) is 0 Å².